The molecule has 0 heterocycles. The molecule has 0 fully saturated rings. The van der Waals surface area contributed by atoms with Gasteiger partial charge in [-0.1, -0.05) is 96.6 Å². The number of nitrogens with zero attached hydrogens (tertiary/aromatic N) is 1. The molecule has 210 valence electrons. The van der Waals surface area contributed by atoms with E-state index in [-0.39, 0.29) is 30.8 Å². The van der Waals surface area contributed by atoms with Crippen LogP contribution in [0.3, 0.4) is 0 Å². The Bertz CT molecular complexity index is 1500. The van der Waals surface area contributed by atoms with Gasteiger partial charge in [-0.15, -0.1) is 0 Å². The highest BCUT2D eigenvalue weighted by molar-refractivity contribution is 6.06. The van der Waals surface area contributed by atoms with Crippen LogP contribution in [0.4, 0.5) is 0 Å². The van der Waals surface area contributed by atoms with Crippen molar-refractivity contribution in [2.75, 3.05) is 6.54 Å². The topological polar surface area (TPSA) is 86.7 Å². The van der Waals surface area contributed by atoms with Crippen molar-refractivity contribution in [3.63, 3.8) is 0 Å². The largest absolute Gasteiger partial charge is 0.481 e. The van der Waals surface area contributed by atoms with Gasteiger partial charge in [-0.05, 0) is 61.1 Å². The quantitative estimate of drug-likeness (QED) is 0.211. The van der Waals surface area contributed by atoms with Gasteiger partial charge < -0.3 is 15.3 Å². The summed E-state index contributed by atoms with van der Waals surface area (Å²) in [5.41, 5.74) is 5.47. The molecule has 0 saturated heterocycles. The Morgan fingerprint density at radius 2 is 1.39 bits per heavy atom. The molecule has 0 radical (unpaired) electrons. The van der Waals surface area contributed by atoms with E-state index in [2.05, 4.69) is 5.32 Å². The molecule has 0 aliphatic rings. The first-order chi connectivity index (χ1) is 19.8. The fourth-order valence-corrected chi connectivity index (χ4v) is 4.99. The number of hydrogen-bond acceptors (Lipinski definition) is 3. The number of aliphatic carboxylic acids is 1. The molecule has 1 atom stereocenters. The summed E-state index contributed by atoms with van der Waals surface area (Å²) in [6.45, 7) is 4.45. The number of carbonyl (C=O) groups is 3. The predicted molar refractivity (Wildman–Crippen MR) is 162 cm³/mol. The first kappa shape index (κ1) is 29.3. The van der Waals surface area contributed by atoms with Gasteiger partial charge >= 0.3 is 5.97 Å². The van der Waals surface area contributed by atoms with E-state index < -0.39 is 5.97 Å². The first-order valence-corrected chi connectivity index (χ1v) is 13.9. The van der Waals surface area contributed by atoms with Gasteiger partial charge in [-0.2, -0.15) is 0 Å². The van der Waals surface area contributed by atoms with Crippen molar-refractivity contribution in [3.8, 4) is 11.1 Å². The average molecular weight is 549 g/mol. The lowest BCUT2D eigenvalue weighted by Crippen LogP contribution is -2.40. The molecule has 2 N–H and O–H groups in total. The lowest BCUT2D eigenvalue weighted by Gasteiger charge is -2.30. The second-order valence-corrected chi connectivity index (χ2v) is 10.3. The summed E-state index contributed by atoms with van der Waals surface area (Å²) < 4.78 is 0. The van der Waals surface area contributed by atoms with Crippen molar-refractivity contribution in [2.24, 2.45) is 0 Å². The van der Waals surface area contributed by atoms with Gasteiger partial charge in [-0.25, -0.2) is 0 Å². The van der Waals surface area contributed by atoms with Crippen LogP contribution in [0.25, 0.3) is 11.1 Å². The molecule has 6 nitrogen and oxygen atoms in total. The molecule has 4 rings (SSSR count). The summed E-state index contributed by atoms with van der Waals surface area (Å²) in [6.07, 6.45) is 1.31. The molecule has 0 aliphatic heterocycles. The van der Waals surface area contributed by atoms with Crippen molar-refractivity contribution in [2.45, 2.75) is 45.7 Å². The second-order valence-electron chi connectivity index (χ2n) is 10.3. The molecule has 6 heteroatoms. The highest BCUT2D eigenvalue weighted by atomic mass is 16.4. The normalized spacial score (nSPS) is 11.5. The lowest BCUT2D eigenvalue weighted by molar-refractivity contribution is -0.137. The molecular formula is C35H36N2O4. The molecule has 41 heavy (non-hydrogen) atoms. The minimum atomic E-state index is -0.957. The third-order valence-corrected chi connectivity index (χ3v) is 7.21. The number of amides is 2. The van der Waals surface area contributed by atoms with Crippen LogP contribution in [0.2, 0.25) is 0 Å². The molecule has 0 bridgehead atoms. The van der Waals surface area contributed by atoms with Gasteiger partial charge in [0.05, 0.1) is 6.42 Å². The maximum atomic E-state index is 14.1. The number of carboxylic acid groups (broad SMARTS) is 1. The fraction of sp³-hybridized carbons (Fsp3) is 0.229. The predicted octanol–water partition coefficient (Wildman–Crippen LogP) is 6.53. The first-order valence-electron chi connectivity index (χ1n) is 13.9. The summed E-state index contributed by atoms with van der Waals surface area (Å²) in [6, 6.07) is 32.3. The fourth-order valence-electron chi connectivity index (χ4n) is 4.99. The molecule has 0 aromatic heterocycles. The molecule has 0 aliphatic carbocycles. The molecule has 4 aromatic carbocycles. The van der Waals surface area contributed by atoms with Crippen LogP contribution in [-0.2, 0) is 17.8 Å². The number of carboxylic acids is 1. The number of hydrogen-bond donors (Lipinski definition) is 2. The van der Waals surface area contributed by atoms with E-state index in [1.165, 1.54) is 0 Å². The smallest absolute Gasteiger partial charge is 0.305 e. The molecule has 1 unspecified atom stereocenters. The van der Waals surface area contributed by atoms with Crippen LogP contribution in [0, 0.1) is 6.92 Å². The van der Waals surface area contributed by atoms with Gasteiger partial charge in [0.1, 0.15) is 0 Å². The van der Waals surface area contributed by atoms with Crippen molar-refractivity contribution in [1.29, 1.82) is 0 Å². The van der Waals surface area contributed by atoms with Gasteiger partial charge in [0.15, 0.2) is 0 Å². The van der Waals surface area contributed by atoms with Crippen molar-refractivity contribution in [3.05, 3.63) is 131 Å². The standard InChI is InChI=1S/C35H36N2O4/c1-25-11-10-14-28(23-25)24-36-34(40)31-17-8-6-15-29(31)30-16-7-9-18-32(30)35(41)37(22-21-33(38)39)26(2)19-20-27-12-4-3-5-13-27/h3-18,23,26H,19-22,24H2,1-2H3,(H,36,40)(H,38,39). The van der Waals surface area contributed by atoms with Crippen molar-refractivity contribution < 1.29 is 19.5 Å². The number of rotatable bonds is 12. The van der Waals surface area contributed by atoms with Gasteiger partial charge in [0, 0.05) is 30.3 Å². The van der Waals surface area contributed by atoms with E-state index in [1.807, 2.05) is 92.7 Å². The summed E-state index contributed by atoms with van der Waals surface area (Å²) in [5.74, 6) is -1.44. The Morgan fingerprint density at radius 1 is 0.780 bits per heavy atom. The number of carbonyl (C=O) groups excluding carboxylic acids is 2. The third kappa shape index (κ3) is 7.92. The van der Waals surface area contributed by atoms with E-state index >= 15 is 0 Å². The van der Waals surface area contributed by atoms with Crippen LogP contribution < -0.4 is 5.32 Å². The summed E-state index contributed by atoms with van der Waals surface area (Å²) in [5, 5.41) is 12.4. The second kappa shape index (κ2) is 14.1. The highest BCUT2D eigenvalue weighted by Gasteiger charge is 2.25. The van der Waals surface area contributed by atoms with E-state index in [9.17, 15) is 19.5 Å². The van der Waals surface area contributed by atoms with Crippen LogP contribution in [0.5, 0.6) is 0 Å². The molecule has 4 aromatic rings. The molecule has 2 amide bonds. The van der Waals surface area contributed by atoms with Crippen molar-refractivity contribution in [1.82, 2.24) is 10.2 Å². The minimum absolute atomic E-state index is 0.0943. The Morgan fingerprint density at radius 3 is 2.07 bits per heavy atom. The summed E-state index contributed by atoms with van der Waals surface area (Å²) in [4.78, 5) is 40.5. The van der Waals surface area contributed by atoms with E-state index in [1.54, 1.807) is 29.2 Å². The third-order valence-electron chi connectivity index (χ3n) is 7.21. The van der Waals surface area contributed by atoms with E-state index in [4.69, 9.17) is 0 Å². The lowest BCUT2D eigenvalue weighted by atomic mass is 9.93. The Kier molecular flexibility index (Phi) is 10.1. The zero-order valence-corrected chi connectivity index (χ0v) is 23.5. The zero-order valence-electron chi connectivity index (χ0n) is 23.5. The van der Waals surface area contributed by atoms with Crippen LogP contribution in [-0.4, -0.2) is 40.4 Å². The van der Waals surface area contributed by atoms with Crippen LogP contribution in [0.15, 0.2) is 103 Å². The van der Waals surface area contributed by atoms with Gasteiger partial charge in [0.2, 0.25) is 0 Å². The maximum Gasteiger partial charge on any atom is 0.305 e. The molecule has 0 saturated carbocycles. The van der Waals surface area contributed by atoms with Gasteiger partial charge in [0.25, 0.3) is 11.8 Å². The van der Waals surface area contributed by atoms with Crippen molar-refractivity contribution >= 4 is 17.8 Å². The SMILES string of the molecule is Cc1cccc(CNC(=O)c2ccccc2-c2ccccc2C(=O)N(CCC(=O)O)C(C)CCc2ccccc2)c1. The Hall–Kier alpha value is -4.71. The molecule has 0 spiro atoms. The van der Waals surface area contributed by atoms with Crippen LogP contribution >= 0.6 is 0 Å². The maximum absolute atomic E-state index is 14.1. The average Bonchev–Trinajstić information content (AvgIpc) is 2.99. The highest BCUT2D eigenvalue weighted by Crippen LogP contribution is 2.29. The number of nitrogens with one attached hydrogen (secondary N) is 1. The Balaban J connectivity index is 1.60. The summed E-state index contributed by atoms with van der Waals surface area (Å²) >= 11 is 0. The molecular weight excluding hydrogens is 512 g/mol. The summed E-state index contributed by atoms with van der Waals surface area (Å²) in [7, 11) is 0. The minimum Gasteiger partial charge on any atom is -0.481 e. The van der Waals surface area contributed by atoms with Gasteiger partial charge in [-0.3, -0.25) is 14.4 Å². The monoisotopic (exact) mass is 548 g/mol. The van der Waals surface area contributed by atoms with E-state index in [0.717, 1.165) is 23.1 Å². The number of aryl methyl sites for hydroxylation is 2. The van der Waals surface area contributed by atoms with Crippen LogP contribution in [0.1, 0.15) is 57.2 Å². The Labute approximate surface area is 241 Å². The zero-order chi connectivity index (χ0) is 29.2. The van der Waals surface area contributed by atoms with E-state index in [0.29, 0.717) is 35.2 Å². The number of benzene rings is 4.